The van der Waals surface area contributed by atoms with Crippen molar-refractivity contribution < 1.29 is 13.5 Å². The largest absolute Gasteiger partial charge is 0.494 e. The van der Waals surface area contributed by atoms with E-state index in [1.807, 2.05) is 0 Å². The Morgan fingerprint density at radius 3 is 2.57 bits per heavy atom. The Morgan fingerprint density at radius 2 is 1.86 bits per heavy atom. The van der Waals surface area contributed by atoms with Crippen LogP contribution < -0.4 is 10.5 Å². The van der Waals surface area contributed by atoms with Crippen LogP contribution >= 0.6 is 0 Å². The van der Waals surface area contributed by atoms with E-state index >= 15 is 0 Å². The molecule has 0 fully saturated rings. The van der Waals surface area contributed by atoms with Crippen molar-refractivity contribution in [2.45, 2.75) is 0 Å². The van der Waals surface area contributed by atoms with Crippen LogP contribution in [0.3, 0.4) is 0 Å². The number of nitrogens with two attached hydrogens (primary N) is 1. The first-order valence-corrected chi connectivity index (χ1v) is 6.15. The molecule has 0 unspecified atom stereocenters. The number of aromatic nitrogens is 2. The molecular weight excluding hydrogens is 276 g/mol. The van der Waals surface area contributed by atoms with Gasteiger partial charge in [0.15, 0.2) is 17.4 Å². The molecule has 3 aromatic rings. The van der Waals surface area contributed by atoms with Gasteiger partial charge in [-0.2, -0.15) is 0 Å². The van der Waals surface area contributed by atoms with Gasteiger partial charge in [0.2, 0.25) is 0 Å². The van der Waals surface area contributed by atoms with Crippen LogP contribution in [0.15, 0.2) is 36.4 Å². The summed E-state index contributed by atoms with van der Waals surface area (Å²) in [6.45, 7) is 0. The Morgan fingerprint density at radius 1 is 1.05 bits per heavy atom. The molecule has 21 heavy (non-hydrogen) atoms. The molecule has 0 amide bonds. The van der Waals surface area contributed by atoms with Gasteiger partial charge in [-0.3, -0.25) is 0 Å². The molecule has 2 N–H and O–H groups in total. The average Bonchev–Trinajstić information content (AvgIpc) is 2.46. The van der Waals surface area contributed by atoms with Gasteiger partial charge in [0.25, 0.3) is 0 Å². The highest BCUT2D eigenvalue weighted by Crippen LogP contribution is 2.26. The lowest BCUT2D eigenvalue weighted by Crippen LogP contribution is -1.99. The predicted octanol–water partition coefficient (Wildman–Crippen LogP) is 3.17. The normalized spacial score (nSPS) is 10.8. The van der Waals surface area contributed by atoms with Crippen LogP contribution in [0.4, 0.5) is 14.6 Å². The van der Waals surface area contributed by atoms with Gasteiger partial charge in [-0.15, -0.1) is 0 Å². The topological polar surface area (TPSA) is 61.0 Å². The Hall–Kier alpha value is -2.76. The molecule has 0 saturated heterocycles. The molecule has 0 radical (unpaired) electrons. The number of benzene rings is 2. The van der Waals surface area contributed by atoms with Crippen molar-refractivity contribution in [1.29, 1.82) is 0 Å². The van der Waals surface area contributed by atoms with E-state index in [0.29, 0.717) is 16.5 Å². The first-order chi connectivity index (χ1) is 10.1. The number of hydrogen-bond acceptors (Lipinski definition) is 4. The smallest absolute Gasteiger partial charge is 0.165 e. The van der Waals surface area contributed by atoms with Crippen molar-refractivity contribution in [2.75, 3.05) is 12.8 Å². The Labute approximate surface area is 119 Å². The maximum absolute atomic E-state index is 13.7. The second kappa shape index (κ2) is 4.97. The summed E-state index contributed by atoms with van der Waals surface area (Å²) in [6.07, 6.45) is 0. The lowest BCUT2D eigenvalue weighted by atomic mass is 10.1. The van der Waals surface area contributed by atoms with Crippen molar-refractivity contribution >= 4 is 16.7 Å². The first-order valence-electron chi connectivity index (χ1n) is 6.15. The van der Waals surface area contributed by atoms with Crippen LogP contribution in [0.25, 0.3) is 22.3 Å². The third kappa shape index (κ3) is 2.35. The van der Waals surface area contributed by atoms with E-state index in [-0.39, 0.29) is 17.4 Å². The van der Waals surface area contributed by atoms with Gasteiger partial charge in [-0.1, -0.05) is 0 Å². The highest BCUT2D eigenvalue weighted by atomic mass is 19.1. The zero-order valence-corrected chi connectivity index (χ0v) is 11.1. The summed E-state index contributed by atoms with van der Waals surface area (Å²) in [5, 5.41) is 0.550. The minimum atomic E-state index is -0.531. The molecule has 0 aliphatic rings. The quantitative estimate of drug-likeness (QED) is 0.786. The highest BCUT2D eigenvalue weighted by Gasteiger charge is 2.11. The number of rotatable bonds is 2. The van der Waals surface area contributed by atoms with Crippen LogP contribution in [0.1, 0.15) is 0 Å². The average molecular weight is 287 g/mol. The molecule has 6 heteroatoms. The van der Waals surface area contributed by atoms with Crippen molar-refractivity contribution in [3.63, 3.8) is 0 Å². The minimum absolute atomic E-state index is 0.124. The van der Waals surface area contributed by atoms with Gasteiger partial charge in [0, 0.05) is 17.0 Å². The third-order valence-corrected chi connectivity index (χ3v) is 3.10. The van der Waals surface area contributed by atoms with Crippen LogP contribution in [-0.2, 0) is 0 Å². The Bertz CT molecular complexity index is 837. The number of nitrogens with zero attached hydrogens (tertiary/aromatic N) is 2. The molecular formula is C15H11F2N3O. The van der Waals surface area contributed by atoms with Crippen molar-refractivity contribution in [3.8, 4) is 17.1 Å². The fourth-order valence-corrected chi connectivity index (χ4v) is 2.06. The van der Waals surface area contributed by atoms with Gasteiger partial charge in [-0.25, -0.2) is 18.7 Å². The maximum atomic E-state index is 13.7. The molecule has 0 atom stereocenters. The molecule has 1 heterocycles. The number of methoxy groups -OCH3 is 1. The fourth-order valence-electron chi connectivity index (χ4n) is 2.06. The first kappa shape index (κ1) is 13.2. The summed E-state index contributed by atoms with van der Waals surface area (Å²) in [4.78, 5) is 8.36. The molecule has 0 aliphatic carbocycles. The van der Waals surface area contributed by atoms with Gasteiger partial charge in [-0.05, 0) is 30.3 Å². The van der Waals surface area contributed by atoms with E-state index in [1.165, 1.54) is 37.4 Å². The highest BCUT2D eigenvalue weighted by molar-refractivity contribution is 5.89. The summed E-state index contributed by atoms with van der Waals surface area (Å²) in [6, 6.07) is 8.39. The number of anilines is 1. The summed E-state index contributed by atoms with van der Waals surface area (Å²) in [5.41, 5.74) is 6.65. The van der Waals surface area contributed by atoms with Crippen molar-refractivity contribution in [3.05, 3.63) is 48.0 Å². The van der Waals surface area contributed by atoms with Crippen LogP contribution in [0.2, 0.25) is 0 Å². The fraction of sp³-hybridized carbons (Fsp3) is 0.0667. The summed E-state index contributed by atoms with van der Waals surface area (Å²) in [7, 11) is 1.38. The zero-order chi connectivity index (χ0) is 15.0. The molecule has 2 aromatic carbocycles. The van der Waals surface area contributed by atoms with Gasteiger partial charge < -0.3 is 10.5 Å². The molecule has 1 aromatic heterocycles. The van der Waals surface area contributed by atoms with E-state index in [0.717, 1.165) is 0 Å². The molecule has 0 bridgehead atoms. The number of ether oxygens (including phenoxy) is 1. The number of halogens is 2. The zero-order valence-electron chi connectivity index (χ0n) is 11.1. The Kier molecular flexibility index (Phi) is 3.13. The van der Waals surface area contributed by atoms with Crippen LogP contribution in [-0.4, -0.2) is 17.1 Å². The van der Waals surface area contributed by atoms with Gasteiger partial charge in [0.1, 0.15) is 11.6 Å². The second-order valence-electron chi connectivity index (χ2n) is 4.44. The van der Waals surface area contributed by atoms with Crippen molar-refractivity contribution in [2.24, 2.45) is 0 Å². The maximum Gasteiger partial charge on any atom is 0.165 e. The van der Waals surface area contributed by atoms with E-state index < -0.39 is 11.6 Å². The summed E-state index contributed by atoms with van der Waals surface area (Å²) < 4.78 is 31.9. The van der Waals surface area contributed by atoms with E-state index in [2.05, 4.69) is 9.97 Å². The number of nitrogen functional groups attached to an aromatic ring is 1. The van der Waals surface area contributed by atoms with Gasteiger partial charge >= 0.3 is 0 Å². The van der Waals surface area contributed by atoms with Gasteiger partial charge in [0.05, 0.1) is 12.6 Å². The molecule has 0 spiro atoms. The minimum Gasteiger partial charge on any atom is -0.494 e. The van der Waals surface area contributed by atoms with E-state index in [9.17, 15) is 8.78 Å². The number of hydrogen-bond donors (Lipinski definition) is 1. The third-order valence-electron chi connectivity index (χ3n) is 3.10. The number of fused-ring (bicyclic) bond motifs is 1. The van der Waals surface area contributed by atoms with E-state index in [1.54, 1.807) is 6.07 Å². The molecule has 4 nitrogen and oxygen atoms in total. The standard InChI is InChI=1S/C15H11F2N3O/c1-21-13-5-2-8(6-11(13)17)15-19-12-7-9(16)3-4-10(12)14(18)20-15/h2-7H,1H3,(H2,18,19,20). The lowest BCUT2D eigenvalue weighted by Gasteiger charge is -2.07. The second-order valence-corrected chi connectivity index (χ2v) is 4.44. The lowest BCUT2D eigenvalue weighted by molar-refractivity contribution is 0.386. The van der Waals surface area contributed by atoms with Crippen LogP contribution in [0.5, 0.6) is 5.75 Å². The summed E-state index contributed by atoms with van der Waals surface area (Å²) >= 11 is 0. The van der Waals surface area contributed by atoms with Crippen molar-refractivity contribution in [1.82, 2.24) is 9.97 Å². The monoisotopic (exact) mass is 287 g/mol. The molecule has 0 saturated carbocycles. The molecule has 3 rings (SSSR count). The summed E-state index contributed by atoms with van der Waals surface area (Å²) in [5.74, 6) is -0.388. The SMILES string of the molecule is COc1ccc(-c2nc(N)c3ccc(F)cc3n2)cc1F. The Balaban J connectivity index is 2.18. The van der Waals surface area contributed by atoms with Crippen LogP contribution in [0, 0.1) is 11.6 Å². The van der Waals surface area contributed by atoms with E-state index in [4.69, 9.17) is 10.5 Å². The predicted molar refractivity (Wildman–Crippen MR) is 75.9 cm³/mol. The molecule has 106 valence electrons. The molecule has 0 aliphatic heterocycles.